The van der Waals surface area contributed by atoms with Gasteiger partial charge in [-0.05, 0) is 38.8 Å². The van der Waals surface area contributed by atoms with Gasteiger partial charge in [0.15, 0.2) is 11.6 Å². The van der Waals surface area contributed by atoms with Gasteiger partial charge in [0.1, 0.15) is 24.6 Å². The molecule has 2 aromatic carbocycles. The Kier molecular flexibility index (Phi) is 9.63. The van der Waals surface area contributed by atoms with E-state index in [1.807, 2.05) is 30.3 Å². The fourth-order valence-corrected chi connectivity index (χ4v) is 4.92. The summed E-state index contributed by atoms with van der Waals surface area (Å²) in [7, 11) is 1.66. The molecule has 8 nitrogen and oxygen atoms in total. The summed E-state index contributed by atoms with van der Waals surface area (Å²) < 4.78 is 45.9. The number of amides is 2. The van der Waals surface area contributed by atoms with Crippen LogP contribution in [0.3, 0.4) is 0 Å². The van der Waals surface area contributed by atoms with Crippen molar-refractivity contribution < 1.29 is 32.6 Å². The van der Waals surface area contributed by atoms with E-state index in [-0.39, 0.29) is 24.8 Å². The van der Waals surface area contributed by atoms with Crippen LogP contribution in [-0.4, -0.2) is 91.3 Å². The van der Waals surface area contributed by atoms with Crippen LogP contribution in [0.4, 0.5) is 13.6 Å². The average Bonchev–Trinajstić information content (AvgIpc) is 3.70. The van der Waals surface area contributed by atoms with Crippen molar-refractivity contribution in [1.82, 2.24) is 14.7 Å². The molecular formula is C30H39F2N3O5. The number of hydrogen-bond acceptors (Lipinski definition) is 6. The Bertz CT molecular complexity index is 1170. The molecule has 0 radical (unpaired) electrons. The number of carbonyl (C=O) groups excluding carboxylic acids is 2. The summed E-state index contributed by atoms with van der Waals surface area (Å²) in [5, 5.41) is 0. The molecule has 0 spiro atoms. The van der Waals surface area contributed by atoms with Crippen molar-refractivity contribution in [3.05, 3.63) is 65.2 Å². The number of ether oxygens (including phenoxy) is 3. The summed E-state index contributed by atoms with van der Waals surface area (Å²) in [4.78, 5) is 31.9. The molecule has 0 bridgehead atoms. The van der Waals surface area contributed by atoms with E-state index in [1.54, 1.807) is 32.8 Å². The quantitative estimate of drug-likeness (QED) is 0.429. The van der Waals surface area contributed by atoms with Crippen LogP contribution in [0.25, 0.3) is 0 Å². The summed E-state index contributed by atoms with van der Waals surface area (Å²) in [5.41, 5.74) is 0.406. The third kappa shape index (κ3) is 7.91. The molecule has 2 aliphatic rings. The van der Waals surface area contributed by atoms with E-state index in [1.165, 1.54) is 11.0 Å². The van der Waals surface area contributed by atoms with Gasteiger partial charge < -0.3 is 19.1 Å². The minimum Gasteiger partial charge on any atom is -0.486 e. The molecule has 1 aliphatic carbocycles. The number of halogens is 2. The Balaban J connectivity index is 1.49. The van der Waals surface area contributed by atoms with Gasteiger partial charge in [-0.2, -0.15) is 0 Å². The summed E-state index contributed by atoms with van der Waals surface area (Å²) in [6, 6.07) is 10.9. The van der Waals surface area contributed by atoms with E-state index in [0.29, 0.717) is 31.7 Å². The smallest absolute Gasteiger partial charge is 0.411 e. The molecule has 1 aliphatic heterocycles. The predicted octanol–water partition coefficient (Wildman–Crippen LogP) is 4.43. The molecular weight excluding hydrogens is 520 g/mol. The number of piperazine rings is 1. The molecule has 0 aromatic heterocycles. The molecule has 2 amide bonds. The van der Waals surface area contributed by atoms with E-state index >= 15 is 0 Å². The molecule has 0 unspecified atom stereocenters. The zero-order valence-corrected chi connectivity index (χ0v) is 23.7. The van der Waals surface area contributed by atoms with E-state index in [2.05, 4.69) is 4.90 Å². The Labute approximate surface area is 234 Å². The van der Waals surface area contributed by atoms with Gasteiger partial charge in [0.2, 0.25) is 5.91 Å². The Morgan fingerprint density at radius 2 is 1.75 bits per heavy atom. The second-order valence-corrected chi connectivity index (χ2v) is 11.3. The number of carbonyl (C=O) groups is 2. The van der Waals surface area contributed by atoms with E-state index in [4.69, 9.17) is 14.2 Å². The van der Waals surface area contributed by atoms with Crippen molar-refractivity contribution in [2.75, 3.05) is 53.0 Å². The van der Waals surface area contributed by atoms with Gasteiger partial charge in [0.25, 0.3) is 0 Å². The summed E-state index contributed by atoms with van der Waals surface area (Å²) in [6.45, 7) is 9.16. The van der Waals surface area contributed by atoms with Crippen LogP contribution in [0.5, 0.6) is 5.75 Å². The highest BCUT2D eigenvalue weighted by Crippen LogP contribution is 2.49. The van der Waals surface area contributed by atoms with Gasteiger partial charge in [-0.15, -0.1) is 0 Å². The molecule has 2 atom stereocenters. The maximum absolute atomic E-state index is 14.9. The van der Waals surface area contributed by atoms with E-state index in [9.17, 15) is 18.4 Å². The number of hydrogen-bond donors (Lipinski definition) is 0. The topological polar surface area (TPSA) is 71.6 Å². The van der Waals surface area contributed by atoms with Crippen LogP contribution in [0.1, 0.15) is 44.2 Å². The lowest BCUT2D eigenvalue weighted by atomic mass is 10.1. The van der Waals surface area contributed by atoms with Crippen LogP contribution < -0.4 is 4.74 Å². The highest BCUT2D eigenvalue weighted by Gasteiger charge is 2.48. The van der Waals surface area contributed by atoms with Crippen LogP contribution in [0.15, 0.2) is 42.5 Å². The minimum absolute atomic E-state index is 0.0413. The minimum atomic E-state index is -0.803. The zero-order chi connectivity index (χ0) is 28.9. The van der Waals surface area contributed by atoms with Crippen molar-refractivity contribution in [3.63, 3.8) is 0 Å². The molecule has 2 aromatic rings. The second-order valence-electron chi connectivity index (χ2n) is 11.3. The maximum Gasteiger partial charge on any atom is 0.411 e. The molecule has 1 heterocycles. The molecule has 4 rings (SSSR count). The molecule has 218 valence electrons. The zero-order valence-electron chi connectivity index (χ0n) is 23.7. The summed E-state index contributed by atoms with van der Waals surface area (Å²) in [6.07, 6.45) is -0.197. The van der Waals surface area contributed by atoms with Gasteiger partial charge in [-0.3, -0.25) is 14.6 Å². The van der Waals surface area contributed by atoms with Crippen LogP contribution in [-0.2, 0) is 20.9 Å². The SMILES string of the molecule is COCCN1CCN(C(=O)CN(C(=O)OC(C)(C)C)[C@@H]2C[C@H]2c2cc(F)cc(F)c2OCc2ccccc2)CC1. The first-order valence-electron chi connectivity index (χ1n) is 13.7. The van der Waals surface area contributed by atoms with Crippen LogP contribution in [0.2, 0.25) is 0 Å². The molecule has 10 heteroatoms. The van der Waals surface area contributed by atoms with Crippen molar-refractivity contribution in [2.24, 2.45) is 0 Å². The van der Waals surface area contributed by atoms with Gasteiger partial charge in [-0.1, -0.05) is 30.3 Å². The standard InChI is InChI=1S/C30H39F2N3O5/c1-30(2,3)40-29(37)35(19-27(36)34-12-10-33(11-13-34)14-15-38-4)26-18-23(26)24-16-22(31)17-25(32)28(24)39-20-21-8-6-5-7-9-21/h5-9,16-17,23,26H,10-15,18-20H2,1-4H3/t23-,26+/m0/s1. The molecule has 40 heavy (non-hydrogen) atoms. The molecule has 2 fully saturated rings. The van der Waals surface area contributed by atoms with Gasteiger partial charge in [-0.25, -0.2) is 13.6 Å². The predicted molar refractivity (Wildman–Crippen MR) is 146 cm³/mol. The van der Waals surface area contributed by atoms with Gasteiger partial charge in [0, 0.05) is 63.4 Å². The number of rotatable bonds is 10. The van der Waals surface area contributed by atoms with E-state index in [0.717, 1.165) is 31.3 Å². The van der Waals surface area contributed by atoms with Crippen LogP contribution >= 0.6 is 0 Å². The fraction of sp³-hybridized carbons (Fsp3) is 0.533. The highest BCUT2D eigenvalue weighted by molar-refractivity contribution is 5.83. The van der Waals surface area contributed by atoms with Gasteiger partial charge >= 0.3 is 6.09 Å². The van der Waals surface area contributed by atoms with Gasteiger partial charge in [0.05, 0.1) is 6.61 Å². The third-order valence-corrected chi connectivity index (χ3v) is 7.09. The second kappa shape index (κ2) is 13.0. The fourth-order valence-electron chi connectivity index (χ4n) is 4.92. The third-order valence-electron chi connectivity index (χ3n) is 7.09. The maximum atomic E-state index is 14.9. The lowest BCUT2D eigenvalue weighted by Gasteiger charge is -2.36. The Morgan fingerprint density at radius 3 is 2.40 bits per heavy atom. The monoisotopic (exact) mass is 559 g/mol. The lowest BCUT2D eigenvalue weighted by Crippen LogP contribution is -2.53. The molecule has 0 N–H and O–H groups in total. The van der Waals surface area contributed by atoms with Crippen LogP contribution in [0, 0.1) is 11.6 Å². The first kappa shape index (κ1) is 29.7. The van der Waals surface area contributed by atoms with Crippen molar-refractivity contribution in [3.8, 4) is 5.75 Å². The number of methoxy groups -OCH3 is 1. The Morgan fingerprint density at radius 1 is 1.05 bits per heavy atom. The number of nitrogens with zero attached hydrogens (tertiary/aromatic N) is 3. The summed E-state index contributed by atoms with van der Waals surface area (Å²) in [5.74, 6) is -2.16. The van der Waals surface area contributed by atoms with Crippen molar-refractivity contribution in [1.29, 1.82) is 0 Å². The molecule has 1 saturated carbocycles. The molecule has 1 saturated heterocycles. The lowest BCUT2D eigenvalue weighted by molar-refractivity contribution is -0.134. The highest BCUT2D eigenvalue weighted by atomic mass is 19.1. The van der Waals surface area contributed by atoms with Crippen molar-refractivity contribution in [2.45, 2.75) is 51.4 Å². The Hall–Kier alpha value is -3.24. The summed E-state index contributed by atoms with van der Waals surface area (Å²) >= 11 is 0. The largest absolute Gasteiger partial charge is 0.486 e. The average molecular weight is 560 g/mol. The first-order valence-corrected chi connectivity index (χ1v) is 13.7. The normalized spacial score (nSPS) is 19.3. The number of benzene rings is 2. The van der Waals surface area contributed by atoms with E-state index < -0.39 is 35.3 Å². The first-order chi connectivity index (χ1) is 19.1. The van der Waals surface area contributed by atoms with Crippen molar-refractivity contribution >= 4 is 12.0 Å².